The van der Waals surface area contributed by atoms with E-state index in [0.29, 0.717) is 16.8 Å². The van der Waals surface area contributed by atoms with E-state index in [9.17, 15) is 0 Å². The highest BCUT2D eigenvalue weighted by Gasteiger charge is 2.51. The monoisotopic (exact) mass is 388 g/mol. The predicted octanol–water partition coefficient (Wildman–Crippen LogP) is 5.10. The van der Waals surface area contributed by atoms with Gasteiger partial charge in [-0.3, -0.25) is 0 Å². The van der Waals surface area contributed by atoms with Crippen molar-refractivity contribution in [3.8, 4) is 0 Å². The molecule has 2 heterocycles. The fourth-order valence-electron chi connectivity index (χ4n) is 4.02. The second-order valence-corrected chi connectivity index (χ2v) is 7.45. The molecule has 0 saturated carbocycles. The van der Waals surface area contributed by atoms with E-state index in [0.717, 1.165) is 26.3 Å². The Balaban J connectivity index is 1.81. The van der Waals surface area contributed by atoms with Gasteiger partial charge in [-0.05, 0) is 36.4 Å². The summed E-state index contributed by atoms with van der Waals surface area (Å²) in [6.07, 6.45) is 1.72. The topological polar surface area (TPSA) is 16.4 Å². The first-order chi connectivity index (χ1) is 14.0. The van der Waals surface area contributed by atoms with Crippen molar-refractivity contribution in [3.63, 3.8) is 0 Å². The molecule has 0 N–H and O–H groups in total. The van der Waals surface area contributed by atoms with Crippen molar-refractivity contribution in [2.45, 2.75) is 0 Å². The molecule has 1 aliphatic rings. The Morgan fingerprint density at radius 3 is 2.10 bits per heavy atom. The first kappa shape index (κ1) is 17.7. The molecule has 4 aromatic rings. The number of para-hydroxylation sites is 1. The minimum Gasteiger partial charge on any atom is -0.599 e. The van der Waals surface area contributed by atoms with Gasteiger partial charge in [0.1, 0.15) is 0 Å². The van der Waals surface area contributed by atoms with E-state index in [-0.39, 0.29) is 5.76 Å². The number of pyridine rings is 1. The second-order valence-electron chi connectivity index (χ2n) is 7.45. The Kier molecular flexibility index (Phi) is 3.84. The third kappa shape index (κ3) is 2.75. The van der Waals surface area contributed by atoms with Crippen LogP contribution in [0.1, 0.15) is 11.3 Å². The van der Waals surface area contributed by atoms with Gasteiger partial charge in [0.15, 0.2) is 11.2 Å². The molecular weight excluding hydrogens is 369 g/mol. The van der Waals surface area contributed by atoms with E-state index in [1.165, 1.54) is 0 Å². The molecule has 1 aromatic heterocycles. The highest BCUT2D eigenvalue weighted by molar-refractivity contribution is 6.52. The average molecular weight is 388 g/mol. The van der Waals surface area contributed by atoms with Crippen LogP contribution in [0.5, 0.6) is 0 Å². The van der Waals surface area contributed by atoms with Crippen molar-refractivity contribution < 1.29 is 17.8 Å². The smallest absolute Gasteiger partial charge is 0.599 e. The van der Waals surface area contributed by atoms with Crippen molar-refractivity contribution in [3.05, 3.63) is 84.1 Å². The summed E-state index contributed by atoms with van der Waals surface area (Å²) in [5.41, 5.74) is 2.54. The molecule has 144 valence electrons. The maximum absolute atomic E-state index is 15.4. The van der Waals surface area contributed by atoms with E-state index < -0.39 is 7.04 Å². The minimum atomic E-state index is -4.29. The van der Waals surface area contributed by atoms with Gasteiger partial charge in [-0.15, -0.1) is 0 Å². The van der Waals surface area contributed by atoms with Gasteiger partial charge in [-0.25, -0.2) is 0 Å². The van der Waals surface area contributed by atoms with Gasteiger partial charge in [0.2, 0.25) is 0 Å². The van der Waals surface area contributed by atoms with E-state index in [4.69, 9.17) is 4.65 Å². The lowest BCUT2D eigenvalue weighted by Gasteiger charge is -2.30. The van der Waals surface area contributed by atoms with Crippen LogP contribution in [0.3, 0.4) is 0 Å². The van der Waals surface area contributed by atoms with Crippen LogP contribution in [0.2, 0.25) is 0 Å². The fourth-order valence-corrected chi connectivity index (χ4v) is 4.02. The number of fused-ring (bicyclic) bond motifs is 6. The number of halogens is 2. The summed E-state index contributed by atoms with van der Waals surface area (Å²) in [6.45, 7) is 0. The first-order valence-electron chi connectivity index (χ1n) is 9.50. The number of anilines is 1. The van der Waals surface area contributed by atoms with Gasteiger partial charge >= 0.3 is 7.04 Å². The van der Waals surface area contributed by atoms with Gasteiger partial charge in [-0.2, -0.15) is 0 Å². The molecule has 6 heteroatoms. The van der Waals surface area contributed by atoms with E-state index in [1.54, 1.807) is 18.2 Å². The number of rotatable bonds is 2. The zero-order valence-corrected chi connectivity index (χ0v) is 16.1. The first-order valence-corrected chi connectivity index (χ1v) is 9.50. The Bertz CT molecular complexity index is 1280. The van der Waals surface area contributed by atoms with Crippen molar-refractivity contribution in [1.82, 2.24) is 0 Å². The van der Waals surface area contributed by atoms with Crippen LogP contribution in [-0.4, -0.2) is 21.1 Å². The van der Waals surface area contributed by atoms with Crippen LogP contribution in [0.4, 0.5) is 14.3 Å². The maximum atomic E-state index is 15.4. The van der Waals surface area contributed by atoms with Gasteiger partial charge < -0.3 is 22.7 Å². The molecule has 0 saturated heterocycles. The van der Waals surface area contributed by atoms with Gasteiger partial charge in [0.05, 0.1) is 5.76 Å². The number of benzene rings is 3. The standard InChI is InChI=1S/C23H19BF2N2O/c1-27(2)17-13-11-16(12-14-17)23-15-22-20-9-4-3-7-18(20)19-8-5-6-10-21(19)28(22)24(25,26)29-23/h3-15H,1-2H3. The zero-order chi connectivity index (χ0) is 20.2. The number of nitrogens with zero attached hydrogens (tertiary/aromatic N) is 2. The van der Waals surface area contributed by atoms with Crippen molar-refractivity contribution >= 4 is 46.2 Å². The summed E-state index contributed by atoms with van der Waals surface area (Å²) in [4.78, 5) is 1.96. The van der Waals surface area contributed by atoms with Gasteiger partial charge in [0.25, 0.3) is 0 Å². The lowest BCUT2D eigenvalue weighted by atomic mass is 9.92. The Hall–Kier alpha value is -3.41. The van der Waals surface area contributed by atoms with E-state index in [1.807, 2.05) is 79.7 Å². The number of hydrogen-bond donors (Lipinski definition) is 0. The number of aromatic nitrogens is 1. The molecule has 0 aliphatic carbocycles. The number of hydrogen-bond acceptors (Lipinski definition) is 2. The molecule has 0 atom stereocenters. The molecule has 1 aliphatic heterocycles. The van der Waals surface area contributed by atoms with Crippen LogP contribution in [0, 0.1) is 0 Å². The molecule has 29 heavy (non-hydrogen) atoms. The van der Waals surface area contributed by atoms with Crippen LogP contribution in [0.25, 0.3) is 33.5 Å². The zero-order valence-electron chi connectivity index (χ0n) is 16.1. The second kappa shape index (κ2) is 6.31. The van der Waals surface area contributed by atoms with Crippen LogP contribution < -0.4 is 9.38 Å². The summed E-state index contributed by atoms with van der Waals surface area (Å²) in [5.74, 6) is 0.181. The van der Waals surface area contributed by atoms with Crippen LogP contribution in [-0.2, 0) is 4.65 Å². The maximum Gasteiger partial charge on any atom is 0.834 e. The summed E-state index contributed by atoms with van der Waals surface area (Å²) in [6, 6.07) is 22.3. The molecule has 3 nitrogen and oxygen atoms in total. The summed E-state index contributed by atoms with van der Waals surface area (Å²) in [5, 5.41) is 2.50. The highest BCUT2D eigenvalue weighted by Crippen LogP contribution is 2.34. The fraction of sp³-hybridized carbons (Fsp3) is 0.0870. The normalized spacial score (nSPS) is 15.0. The molecule has 0 fully saturated rings. The van der Waals surface area contributed by atoms with Crippen LogP contribution in [0.15, 0.2) is 72.8 Å². The molecule has 0 amide bonds. The van der Waals surface area contributed by atoms with Gasteiger partial charge in [0, 0.05) is 53.6 Å². The third-order valence-corrected chi connectivity index (χ3v) is 5.42. The molecular formula is C23H19BF2N2O. The molecule has 0 radical (unpaired) electrons. The molecule has 0 unspecified atom stereocenters. The van der Waals surface area contributed by atoms with Crippen molar-refractivity contribution in [2.24, 2.45) is 0 Å². The Labute approximate surface area is 167 Å². The van der Waals surface area contributed by atoms with Crippen molar-refractivity contribution in [2.75, 3.05) is 19.0 Å². The summed E-state index contributed by atoms with van der Waals surface area (Å²) < 4.78 is 37.0. The molecule has 5 rings (SSSR count). The Morgan fingerprint density at radius 1 is 0.793 bits per heavy atom. The molecule has 0 spiro atoms. The lowest BCUT2D eigenvalue weighted by molar-refractivity contribution is -0.554. The van der Waals surface area contributed by atoms with Gasteiger partial charge in [-0.1, -0.05) is 30.3 Å². The Morgan fingerprint density at radius 2 is 1.41 bits per heavy atom. The SMILES string of the molecule is CN(C)c1ccc(C2=Cc3c4ccccc4c4ccccc4[n+]3[B-](F)(F)O2)cc1. The van der Waals surface area contributed by atoms with E-state index in [2.05, 4.69) is 0 Å². The average Bonchev–Trinajstić information content (AvgIpc) is 2.73. The highest BCUT2D eigenvalue weighted by atomic mass is 19.3. The van der Waals surface area contributed by atoms with Crippen LogP contribution >= 0.6 is 0 Å². The summed E-state index contributed by atoms with van der Waals surface area (Å²) in [7, 11) is -0.413. The largest absolute Gasteiger partial charge is 0.834 e. The predicted molar refractivity (Wildman–Crippen MR) is 115 cm³/mol. The third-order valence-electron chi connectivity index (χ3n) is 5.42. The quantitative estimate of drug-likeness (QED) is 0.351. The van der Waals surface area contributed by atoms with E-state index >= 15 is 8.63 Å². The summed E-state index contributed by atoms with van der Waals surface area (Å²) >= 11 is 0. The molecule has 3 aromatic carbocycles. The minimum absolute atomic E-state index is 0.181. The molecule has 0 bridgehead atoms. The van der Waals surface area contributed by atoms with Crippen molar-refractivity contribution in [1.29, 1.82) is 0 Å². The lowest BCUT2D eigenvalue weighted by Crippen LogP contribution is -2.64.